The zero-order valence-corrected chi connectivity index (χ0v) is 16.1. The number of piperidine rings is 1. The molecule has 2 atom stereocenters. The van der Waals surface area contributed by atoms with E-state index in [9.17, 15) is 9.59 Å². The third-order valence-corrected chi connectivity index (χ3v) is 5.03. The maximum absolute atomic E-state index is 12.6. The molecular formula is C17H28ClN5O3. The molecule has 2 aliphatic rings. The van der Waals surface area contributed by atoms with Crippen molar-refractivity contribution in [1.82, 2.24) is 25.3 Å². The van der Waals surface area contributed by atoms with Crippen LogP contribution in [0, 0.1) is 5.92 Å². The molecule has 9 heteroatoms. The molecule has 0 aliphatic carbocycles. The van der Waals surface area contributed by atoms with Gasteiger partial charge in [0, 0.05) is 39.4 Å². The van der Waals surface area contributed by atoms with Crippen LogP contribution >= 0.6 is 12.4 Å². The zero-order valence-electron chi connectivity index (χ0n) is 15.3. The molecule has 8 nitrogen and oxygen atoms in total. The third-order valence-electron chi connectivity index (χ3n) is 5.03. The highest BCUT2D eigenvalue weighted by Gasteiger charge is 2.33. The first-order chi connectivity index (χ1) is 12.0. The van der Waals surface area contributed by atoms with Gasteiger partial charge in [-0.25, -0.2) is 0 Å². The second-order valence-electron chi connectivity index (χ2n) is 6.89. The fourth-order valence-corrected chi connectivity index (χ4v) is 3.44. The van der Waals surface area contributed by atoms with Gasteiger partial charge in [0.1, 0.15) is 6.04 Å². The van der Waals surface area contributed by atoms with Gasteiger partial charge in [-0.1, -0.05) is 0 Å². The van der Waals surface area contributed by atoms with Gasteiger partial charge in [-0.3, -0.25) is 14.3 Å². The van der Waals surface area contributed by atoms with E-state index in [2.05, 4.69) is 15.7 Å². The normalized spacial score (nSPS) is 24.0. The fourth-order valence-electron chi connectivity index (χ4n) is 3.44. The molecule has 0 saturated carbocycles. The molecule has 2 fully saturated rings. The third kappa shape index (κ3) is 4.96. The molecule has 2 aliphatic heterocycles. The Morgan fingerprint density at radius 3 is 2.73 bits per heavy atom. The van der Waals surface area contributed by atoms with E-state index in [0.29, 0.717) is 24.6 Å². The van der Waals surface area contributed by atoms with E-state index in [0.717, 1.165) is 32.5 Å². The number of carbonyl (C=O) groups is 2. The second-order valence-corrected chi connectivity index (χ2v) is 6.89. The van der Waals surface area contributed by atoms with Crippen LogP contribution in [0.4, 0.5) is 0 Å². The summed E-state index contributed by atoms with van der Waals surface area (Å²) >= 11 is 0. The predicted octanol–water partition coefficient (Wildman–Crippen LogP) is 0.187. The van der Waals surface area contributed by atoms with Crippen LogP contribution in [0.25, 0.3) is 0 Å². The first-order valence-electron chi connectivity index (χ1n) is 8.95. The van der Waals surface area contributed by atoms with Crippen LogP contribution in [0.15, 0.2) is 12.4 Å². The Morgan fingerprint density at radius 1 is 1.38 bits per heavy atom. The number of aromatic nitrogens is 2. The Balaban J connectivity index is 0.00000243. The molecule has 146 valence electrons. The number of aryl methyl sites for hydroxylation is 1. The molecule has 0 spiro atoms. The highest BCUT2D eigenvalue weighted by atomic mass is 35.5. The lowest BCUT2D eigenvalue weighted by Gasteiger charge is -2.37. The summed E-state index contributed by atoms with van der Waals surface area (Å²) in [5, 5.41) is 10.2. The van der Waals surface area contributed by atoms with Crippen LogP contribution < -0.4 is 10.6 Å². The van der Waals surface area contributed by atoms with Crippen LogP contribution in [0.3, 0.4) is 0 Å². The first kappa shape index (κ1) is 20.7. The van der Waals surface area contributed by atoms with Crippen molar-refractivity contribution in [2.24, 2.45) is 13.0 Å². The highest BCUT2D eigenvalue weighted by Crippen LogP contribution is 2.19. The van der Waals surface area contributed by atoms with Crippen LogP contribution in [0.1, 0.15) is 30.1 Å². The average Bonchev–Trinajstić information content (AvgIpc) is 3.06. The van der Waals surface area contributed by atoms with Gasteiger partial charge < -0.3 is 20.3 Å². The number of rotatable bonds is 4. The van der Waals surface area contributed by atoms with E-state index in [-0.39, 0.29) is 36.4 Å². The molecule has 3 heterocycles. The summed E-state index contributed by atoms with van der Waals surface area (Å²) in [4.78, 5) is 26.6. The van der Waals surface area contributed by atoms with Gasteiger partial charge in [0.2, 0.25) is 5.91 Å². The van der Waals surface area contributed by atoms with E-state index < -0.39 is 0 Å². The van der Waals surface area contributed by atoms with Crippen LogP contribution in [-0.2, 0) is 16.6 Å². The van der Waals surface area contributed by atoms with Crippen molar-refractivity contribution in [1.29, 1.82) is 0 Å². The van der Waals surface area contributed by atoms with Crippen LogP contribution in [0.5, 0.6) is 0 Å². The van der Waals surface area contributed by atoms with Gasteiger partial charge in [0.25, 0.3) is 5.91 Å². The van der Waals surface area contributed by atoms with Crippen molar-refractivity contribution in [3.05, 3.63) is 18.0 Å². The number of hydrogen-bond acceptors (Lipinski definition) is 5. The predicted molar refractivity (Wildman–Crippen MR) is 99.3 cm³/mol. The number of likely N-dealkylation sites (tertiary alicyclic amines) is 1. The molecule has 2 amide bonds. The lowest BCUT2D eigenvalue weighted by Crippen LogP contribution is -2.57. The molecular weight excluding hydrogens is 358 g/mol. The van der Waals surface area contributed by atoms with Crippen molar-refractivity contribution in [2.75, 3.05) is 32.8 Å². The Kier molecular flexibility index (Phi) is 7.43. The summed E-state index contributed by atoms with van der Waals surface area (Å²) in [7, 11) is 1.79. The summed E-state index contributed by atoms with van der Waals surface area (Å²) < 4.78 is 7.18. The van der Waals surface area contributed by atoms with Gasteiger partial charge in [-0.15, -0.1) is 12.4 Å². The van der Waals surface area contributed by atoms with E-state index in [1.165, 1.54) is 0 Å². The van der Waals surface area contributed by atoms with Gasteiger partial charge in [0.05, 0.1) is 24.5 Å². The number of halogens is 1. The van der Waals surface area contributed by atoms with E-state index in [1.807, 2.05) is 11.8 Å². The van der Waals surface area contributed by atoms with Crippen molar-refractivity contribution >= 4 is 24.2 Å². The van der Waals surface area contributed by atoms with Crippen molar-refractivity contribution in [3.63, 3.8) is 0 Å². The summed E-state index contributed by atoms with van der Waals surface area (Å²) in [6.07, 6.45) is 4.99. The molecule has 1 aromatic heterocycles. The SMILES string of the molecule is C[C@H]1OCCN[C@@H]1C(=O)N1CCC(CNC(=O)c2cnn(C)c2)CC1.Cl. The number of ether oxygens (including phenoxy) is 1. The second kappa shape index (κ2) is 9.34. The van der Waals surface area contributed by atoms with Crippen LogP contribution in [0.2, 0.25) is 0 Å². The maximum atomic E-state index is 12.6. The van der Waals surface area contributed by atoms with Crippen molar-refractivity contribution in [2.45, 2.75) is 31.9 Å². The van der Waals surface area contributed by atoms with E-state index in [4.69, 9.17) is 4.74 Å². The summed E-state index contributed by atoms with van der Waals surface area (Å²) in [5.41, 5.74) is 0.576. The Hall–Kier alpha value is -1.64. The highest BCUT2D eigenvalue weighted by molar-refractivity contribution is 5.93. The summed E-state index contributed by atoms with van der Waals surface area (Å²) in [6.45, 7) is 5.42. The smallest absolute Gasteiger partial charge is 0.254 e. The Labute approximate surface area is 160 Å². The Bertz CT molecular complexity index is 615. The van der Waals surface area contributed by atoms with Gasteiger partial charge in [-0.2, -0.15) is 5.10 Å². The minimum Gasteiger partial charge on any atom is -0.375 e. The van der Waals surface area contributed by atoms with Crippen molar-refractivity contribution < 1.29 is 14.3 Å². The number of carbonyl (C=O) groups excluding carboxylic acids is 2. The molecule has 0 bridgehead atoms. The lowest BCUT2D eigenvalue weighted by atomic mass is 9.95. The average molecular weight is 386 g/mol. The number of nitrogens with one attached hydrogen (secondary N) is 2. The molecule has 26 heavy (non-hydrogen) atoms. The standard InChI is InChI=1S/C17H27N5O3.ClH/c1-12-15(18-5-8-25-12)17(24)22-6-3-13(4-7-22)9-19-16(23)14-10-20-21(2)11-14;/h10-13,15,18H,3-9H2,1-2H3,(H,19,23);1H/t12-,15+;/m1./s1. The largest absolute Gasteiger partial charge is 0.375 e. The lowest BCUT2D eigenvalue weighted by molar-refractivity contribution is -0.140. The summed E-state index contributed by atoms with van der Waals surface area (Å²) in [6, 6.07) is -0.240. The van der Waals surface area contributed by atoms with E-state index >= 15 is 0 Å². The molecule has 0 radical (unpaired) electrons. The quantitative estimate of drug-likeness (QED) is 0.772. The molecule has 1 aromatic rings. The Morgan fingerprint density at radius 2 is 2.12 bits per heavy atom. The molecule has 0 aromatic carbocycles. The first-order valence-corrected chi connectivity index (χ1v) is 8.95. The topological polar surface area (TPSA) is 88.5 Å². The minimum atomic E-state index is -0.240. The van der Waals surface area contributed by atoms with E-state index in [1.54, 1.807) is 24.1 Å². The van der Waals surface area contributed by atoms with Gasteiger partial charge >= 0.3 is 0 Å². The molecule has 2 N–H and O–H groups in total. The van der Waals surface area contributed by atoms with Gasteiger partial charge in [-0.05, 0) is 25.7 Å². The number of hydrogen-bond donors (Lipinski definition) is 2. The number of amides is 2. The van der Waals surface area contributed by atoms with Crippen molar-refractivity contribution in [3.8, 4) is 0 Å². The molecule has 3 rings (SSSR count). The maximum Gasteiger partial charge on any atom is 0.254 e. The zero-order chi connectivity index (χ0) is 17.8. The van der Waals surface area contributed by atoms with Crippen LogP contribution in [-0.4, -0.2) is 71.4 Å². The minimum absolute atomic E-state index is 0. The van der Waals surface area contributed by atoms with Gasteiger partial charge in [0.15, 0.2) is 0 Å². The molecule has 2 saturated heterocycles. The monoisotopic (exact) mass is 385 g/mol. The number of morpholine rings is 1. The fraction of sp³-hybridized carbons (Fsp3) is 0.706. The number of nitrogens with zero attached hydrogens (tertiary/aromatic N) is 3. The molecule has 0 unspecified atom stereocenters. The summed E-state index contributed by atoms with van der Waals surface area (Å²) in [5.74, 6) is 0.437.